The van der Waals surface area contributed by atoms with Gasteiger partial charge in [0.05, 0.1) is 15.6 Å². The van der Waals surface area contributed by atoms with Crippen LogP contribution in [0.5, 0.6) is 0 Å². The van der Waals surface area contributed by atoms with Crippen molar-refractivity contribution in [2.45, 2.75) is 0 Å². The third-order valence-corrected chi connectivity index (χ3v) is 3.60. The smallest absolute Gasteiger partial charge is 0.790 e. The van der Waals surface area contributed by atoms with Gasteiger partial charge >= 0.3 is 24.4 Å². The first kappa shape index (κ1) is 17.6. The van der Waals surface area contributed by atoms with Crippen LogP contribution in [-0.2, 0) is 22.3 Å². The van der Waals surface area contributed by atoms with Gasteiger partial charge in [-0.2, -0.15) is 0 Å². The van der Waals surface area contributed by atoms with Crippen LogP contribution in [0.2, 0.25) is 0 Å². The Morgan fingerprint density at radius 3 is 1.07 bits per heavy atom. The number of hydrogen-bond donors (Lipinski definition) is 0. The number of hydrogen-bond acceptors (Lipinski definition) is 10. The summed E-state index contributed by atoms with van der Waals surface area (Å²) >= 11 is 0. The summed E-state index contributed by atoms with van der Waals surface area (Å²) in [6.45, 7) is 0. The Bertz CT molecular complexity index is 277. The van der Waals surface area contributed by atoms with Crippen LogP contribution in [-0.4, -0.2) is 24.4 Å². The summed E-state index contributed by atoms with van der Waals surface area (Å²) < 4.78 is 34.7. The zero-order valence-electron chi connectivity index (χ0n) is 5.87. The maximum Gasteiger partial charge on any atom is 5.00 e. The second-order valence-electron chi connectivity index (χ2n) is 1.50. The molecule has 0 aromatic carbocycles. The van der Waals surface area contributed by atoms with Gasteiger partial charge in [-0.05, 0) is 0 Å². The molecule has 0 amide bonds. The number of rotatable bonds is 4. The fourth-order valence-corrected chi connectivity index (χ4v) is 2.61. The first-order chi connectivity index (χ1) is 5.41. The molecule has 0 aromatic heterocycles. The summed E-state index contributed by atoms with van der Waals surface area (Å²) in [5.41, 5.74) is 0. The molecular weight excluding hydrogens is 375 g/mol. The molecule has 0 aliphatic carbocycles. The summed E-state index contributed by atoms with van der Waals surface area (Å²) in [5, 5.41) is 0. The quantitative estimate of drug-likeness (QED) is 0.344. The molecule has 0 aromatic rings. The third kappa shape index (κ3) is 11.3. The zero-order chi connectivity index (χ0) is 10.9. The van der Waals surface area contributed by atoms with Crippen LogP contribution in [0.4, 0.5) is 0 Å². The molecular formula is O10P3Sb. The minimum Gasteiger partial charge on any atom is -0.790 e. The molecule has 80 valence electrons. The van der Waals surface area contributed by atoms with E-state index in [2.05, 4.69) is 8.62 Å². The van der Waals surface area contributed by atoms with E-state index >= 15 is 0 Å². The fraction of sp³-hybridized carbons (Fsp3) is 0. The van der Waals surface area contributed by atoms with Crippen LogP contribution >= 0.6 is 23.5 Å². The second kappa shape index (κ2) is 5.52. The van der Waals surface area contributed by atoms with E-state index in [1.165, 1.54) is 0 Å². The van der Waals surface area contributed by atoms with Crippen molar-refractivity contribution in [3.05, 3.63) is 0 Å². The maximum absolute atomic E-state index is 10.1. The Labute approximate surface area is 94.8 Å². The largest absolute Gasteiger partial charge is 5.00 e. The van der Waals surface area contributed by atoms with Crippen molar-refractivity contribution in [1.82, 2.24) is 0 Å². The topological polar surface area (TPSA) is 185 Å². The third-order valence-electron chi connectivity index (χ3n) is 0.400. The number of phosphoric acid groups is 3. The van der Waals surface area contributed by atoms with Crippen LogP contribution < -0.4 is 24.5 Å². The molecule has 14 heteroatoms. The fourth-order valence-electron chi connectivity index (χ4n) is 0.260. The van der Waals surface area contributed by atoms with E-state index in [1.54, 1.807) is 0 Å². The molecule has 10 nitrogen and oxygen atoms in total. The molecule has 14 heavy (non-hydrogen) atoms. The average molecular weight is 375 g/mol. The Kier molecular flexibility index (Phi) is 6.95. The zero-order valence-corrected chi connectivity index (χ0v) is 11.1. The van der Waals surface area contributed by atoms with E-state index in [0.717, 1.165) is 0 Å². The summed E-state index contributed by atoms with van der Waals surface area (Å²) in [7, 11) is -17.9. The van der Waals surface area contributed by atoms with E-state index in [-0.39, 0.29) is 24.4 Å². The predicted molar refractivity (Wildman–Crippen MR) is 30.7 cm³/mol. The Hall–Kier alpha value is 1.23. The summed E-state index contributed by atoms with van der Waals surface area (Å²) in [6, 6.07) is 0. The van der Waals surface area contributed by atoms with Crippen LogP contribution in [0, 0.1) is 0 Å². The summed E-state index contributed by atoms with van der Waals surface area (Å²) in [4.78, 5) is 48.6. The van der Waals surface area contributed by atoms with Crippen molar-refractivity contribution >= 4 is 47.9 Å². The van der Waals surface area contributed by atoms with Gasteiger partial charge in [-0.3, -0.25) is 13.2 Å². The minimum absolute atomic E-state index is 0. The van der Waals surface area contributed by atoms with Crippen LogP contribution in [0.15, 0.2) is 0 Å². The van der Waals surface area contributed by atoms with E-state index in [1.807, 2.05) is 0 Å². The van der Waals surface area contributed by atoms with Crippen molar-refractivity contribution in [3.8, 4) is 0 Å². The van der Waals surface area contributed by atoms with Gasteiger partial charge in [0.2, 0.25) is 0 Å². The van der Waals surface area contributed by atoms with Gasteiger partial charge < -0.3 is 33.6 Å². The van der Waals surface area contributed by atoms with Gasteiger partial charge in [0.1, 0.15) is 0 Å². The molecule has 0 aliphatic rings. The van der Waals surface area contributed by atoms with Crippen molar-refractivity contribution in [1.29, 1.82) is 0 Å². The maximum atomic E-state index is 10.1. The molecule has 0 atom stereocenters. The summed E-state index contributed by atoms with van der Waals surface area (Å²) in [6.07, 6.45) is 0. The Balaban J connectivity index is 0. The van der Waals surface area contributed by atoms with Crippen molar-refractivity contribution in [3.63, 3.8) is 0 Å². The monoisotopic (exact) mass is 374 g/mol. The van der Waals surface area contributed by atoms with Crippen molar-refractivity contribution in [2.24, 2.45) is 0 Å². The van der Waals surface area contributed by atoms with Gasteiger partial charge in [0, 0.05) is 0 Å². The van der Waals surface area contributed by atoms with Crippen molar-refractivity contribution < 1.29 is 46.8 Å². The van der Waals surface area contributed by atoms with Crippen LogP contribution in [0.1, 0.15) is 0 Å². The van der Waals surface area contributed by atoms with Crippen LogP contribution in [0.3, 0.4) is 0 Å². The first-order valence-corrected chi connectivity index (χ1v) is 6.57. The predicted octanol–water partition coefficient (Wildman–Crippen LogP) is -4.24. The van der Waals surface area contributed by atoms with Gasteiger partial charge in [-0.15, -0.1) is 0 Å². The molecule has 0 radical (unpaired) electrons. The SMILES string of the molecule is O=P([O-])([O-])OP(=O)([O-])OP(=O)([O-])[O-].[Sb+5]. The van der Waals surface area contributed by atoms with Crippen LogP contribution in [0.25, 0.3) is 0 Å². The minimum atomic E-state index is -5.97. The van der Waals surface area contributed by atoms with Gasteiger partial charge in [-0.25, -0.2) is 0 Å². The molecule has 0 fully saturated rings. The molecule has 0 saturated heterocycles. The van der Waals surface area contributed by atoms with E-state index < -0.39 is 23.5 Å². The summed E-state index contributed by atoms with van der Waals surface area (Å²) in [5.74, 6) is 0. The average Bonchev–Trinajstić information content (AvgIpc) is 1.43. The van der Waals surface area contributed by atoms with Gasteiger partial charge in [-0.1, -0.05) is 0 Å². The molecule has 0 unspecified atom stereocenters. The van der Waals surface area contributed by atoms with Gasteiger partial charge in [0.25, 0.3) is 7.82 Å². The Morgan fingerprint density at radius 2 is 0.929 bits per heavy atom. The standard InChI is InChI=1S/H5O10P3.Sb/c1-11(2,3)9-13(7,8)10-12(4,5)6;/h(H,7,8)(H2,1,2,3)(H2,4,5,6);/q;+5/p-5. The van der Waals surface area contributed by atoms with Crippen molar-refractivity contribution in [2.75, 3.05) is 0 Å². The normalized spacial score (nSPS) is 13.5. The molecule has 0 aliphatic heterocycles. The molecule has 0 spiro atoms. The second-order valence-corrected chi connectivity index (χ2v) is 5.49. The molecule has 0 heterocycles. The van der Waals surface area contributed by atoms with Gasteiger partial charge in [0.15, 0.2) is 0 Å². The molecule has 0 rings (SSSR count). The van der Waals surface area contributed by atoms with E-state index in [4.69, 9.17) is 0 Å². The molecule has 0 saturated carbocycles. The first-order valence-electron chi connectivity index (χ1n) is 2.19. The molecule has 0 bridgehead atoms. The van der Waals surface area contributed by atoms with E-state index in [0.29, 0.717) is 0 Å². The van der Waals surface area contributed by atoms with E-state index in [9.17, 15) is 38.2 Å². The molecule has 0 N–H and O–H groups in total. The Morgan fingerprint density at radius 1 is 0.714 bits per heavy atom.